The van der Waals surface area contributed by atoms with Gasteiger partial charge in [0.2, 0.25) is 0 Å². The molecule has 0 aliphatic carbocycles. The van der Waals surface area contributed by atoms with Crippen molar-refractivity contribution < 1.29 is 37.8 Å². The zero-order valence-electron chi connectivity index (χ0n) is 14.5. The predicted molar refractivity (Wildman–Crippen MR) is 90.5 cm³/mol. The number of nitrogens with zero attached hydrogens (tertiary/aromatic N) is 2. The molecule has 1 saturated heterocycles. The van der Waals surface area contributed by atoms with E-state index in [1.54, 1.807) is 0 Å². The number of carbonyl (C=O) groups excluding carboxylic acids is 1. The van der Waals surface area contributed by atoms with Gasteiger partial charge in [0, 0.05) is 25.3 Å². The second-order valence-corrected chi connectivity index (χ2v) is 6.32. The molecule has 1 fully saturated rings. The van der Waals surface area contributed by atoms with Crippen LogP contribution in [0.3, 0.4) is 0 Å². The molecule has 0 spiro atoms. The van der Waals surface area contributed by atoms with Gasteiger partial charge in [-0.1, -0.05) is 6.07 Å². The minimum Gasteiger partial charge on any atom is -0.481 e. The number of urea groups is 1. The lowest BCUT2D eigenvalue weighted by molar-refractivity contribution is -0.152. The maximum absolute atomic E-state index is 13.0. The van der Waals surface area contributed by atoms with Crippen molar-refractivity contribution in [1.29, 1.82) is 0 Å². The van der Waals surface area contributed by atoms with Gasteiger partial charge >= 0.3 is 24.1 Å². The monoisotopic (exact) mass is 404 g/mol. The molecular formula is C16H19F3N4O5. The second kappa shape index (κ2) is 7.92. The van der Waals surface area contributed by atoms with E-state index in [2.05, 4.69) is 0 Å². The Bertz CT molecular complexity index is 773. The molecule has 0 bridgehead atoms. The number of nitrogens with two attached hydrogens (primary N) is 2. The van der Waals surface area contributed by atoms with Crippen LogP contribution in [-0.2, 0) is 15.8 Å². The number of carboxylic acid groups (broad SMARTS) is 2. The number of carboxylic acids is 2. The molecule has 0 saturated carbocycles. The summed E-state index contributed by atoms with van der Waals surface area (Å²) in [7, 11) is 0. The maximum Gasteiger partial charge on any atom is 0.416 e. The first kappa shape index (κ1) is 21.3. The molecule has 1 heterocycles. The van der Waals surface area contributed by atoms with Gasteiger partial charge in [0.15, 0.2) is 0 Å². The number of halogens is 3. The van der Waals surface area contributed by atoms with E-state index in [1.165, 1.54) is 17.0 Å². The van der Waals surface area contributed by atoms with Crippen LogP contribution in [0.2, 0.25) is 0 Å². The molecule has 12 heteroatoms. The summed E-state index contributed by atoms with van der Waals surface area (Å²) in [6, 6.07) is 0.322. The third-order valence-corrected chi connectivity index (χ3v) is 4.61. The Balaban J connectivity index is 2.39. The molecule has 1 aliphatic rings. The number of piperazine rings is 1. The molecule has 0 radical (unpaired) electrons. The predicted octanol–water partition coefficient (Wildman–Crippen LogP) is 0.387. The van der Waals surface area contributed by atoms with Crippen molar-refractivity contribution in [2.45, 2.75) is 18.3 Å². The fraction of sp³-hybridized carbons (Fsp3) is 0.438. The molecule has 3 atom stereocenters. The van der Waals surface area contributed by atoms with Crippen LogP contribution < -0.4 is 16.4 Å². The Morgan fingerprint density at radius 1 is 1.14 bits per heavy atom. The molecule has 28 heavy (non-hydrogen) atoms. The summed E-state index contributed by atoms with van der Waals surface area (Å²) in [5.74, 6) is -4.86. The van der Waals surface area contributed by atoms with Crippen molar-refractivity contribution in [2.75, 3.05) is 24.5 Å². The highest BCUT2D eigenvalue weighted by Gasteiger charge is 2.44. The number of hydrogen-bond donors (Lipinski definition) is 4. The zero-order valence-corrected chi connectivity index (χ0v) is 14.5. The summed E-state index contributed by atoms with van der Waals surface area (Å²) in [5, 5.41) is 18.6. The topological polar surface area (TPSA) is 150 Å². The summed E-state index contributed by atoms with van der Waals surface area (Å²) in [5.41, 5.74) is 10.0. The first-order valence-electron chi connectivity index (χ1n) is 8.13. The van der Waals surface area contributed by atoms with Gasteiger partial charge in [-0.2, -0.15) is 13.2 Å². The fourth-order valence-corrected chi connectivity index (χ4v) is 3.22. The zero-order chi connectivity index (χ0) is 21.2. The number of benzene rings is 1. The van der Waals surface area contributed by atoms with Crippen LogP contribution in [0.25, 0.3) is 0 Å². The van der Waals surface area contributed by atoms with Crippen LogP contribution in [0.15, 0.2) is 24.3 Å². The van der Waals surface area contributed by atoms with Crippen LogP contribution in [0, 0.1) is 5.92 Å². The molecular weight excluding hydrogens is 385 g/mol. The average Bonchev–Trinajstić information content (AvgIpc) is 2.60. The maximum atomic E-state index is 13.0. The fourth-order valence-electron chi connectivity index (χ4n) is 3.22. The summed E-state index contributed by atoms with van der Waals surface area (Å²) in [6.45, 7) is -0.274. The van der Waals surface area contributed by atoms with Gasteiger partial charge in [0.1, 0.15) is 12.0 Å². The normalized spacial score (nSPS) is 19.8. The molecule has 6 N–H and O–H groups in total. The Hall–Kier alpha value is -3.02. The first-order valence-corrected chi connectivity index (χ1v) is 8.13. The molecule has 154 valence electrons. The Morgan fingerprint density at radius 3 is 2.29 bits per heavy atom. The van der Waals surface area contributed by atoms with E-state index in [4.69, 9.17) is 16.6 Å². The van der Waals surface area contributed by atoms with Crippen molar-refractivity contribution in [3.8, 4) is 0 Å². The van der Waals surface area contributed by atoms with E-state index in [9.17, 15) is 32.7 Å². The number of hydrogen-bond acceptors (Lipinski definition) is 5. The SMILES string of the molecule is NC(=O)N1CCN(c2cccc(C(F)(F)F)c2)CC1C(C(=O)O)[C@H](N)C(=O)O. The Labute approximate surface area is 157 Å². The standard InChI is InChI=1S/C16H19F3N4O5/c17-16(18,19)8-2-1-3-9(6-8)22-4-5-23(15(21)28)10(7-22)11(13(24)25)12(20)14(26)27/h1-3,6,10-12H,4-5,7,20H2,(H2,21,28)(H,24,25)(H,26,27)/t10?,11?,12-/m0/s1. The molecule has 0 aromatic heterocycles. The van der Waals surface area contributed by atoms with Crippen LogP contribution in [0.1, 0.15) is 5.56 Å². The number of aliphatic carboxylic acids is 2. The average molecular weight is 404 g/mol. The third-order valence-electron chi connectivity index (χ3n) is 4.61. The van der Waals surface area contributed by atoms with Crippen LogP contribution in [0.4, 0.5) is 23.7 Å². The number of alkyl halides is 3. The molecule has 2 amide bonds. The number of primary amides is 1. The van der Waals surface area contributed by atoms with Crippen molar-refractivity contribution in [1.82, 2.24) is 4.90 Å². The van der Waals surface area contributed by atoms with Crippen molar-refractivity contribution in [2.24, 2.45) is 17.4 Å². The lowest BCUT2D eigenvalue weighted by atomic mass is 9.89. The largest absolute Gasteiger partial charge is 0.481 e. The van der Waals surface area contributed by atoms with E-state index in [-0.39, 0.29) is 25.3 Å². The number of carbonyl (C=O) groups is 3. The van der Waals surface area contributed by atoms with E-state index < -0.39 is 47.7 Å². The van der Waals surface area contributed by atoms with Crippen LogP contribution in [0.5, 0.6) is 0 Å². The summed E-state index contributed by atoms with van der Waals surface area (Å²) >= 11 is 0. The summed E-state index contributed by atoms with van der Waals surface area (Å²) in [4.78, 5) is 37.0. The van der Waals surface area contributed by atoms with Gasteiger partial charge in [-0.3, -0.25) is 9.59 Å². The molecule has 9 nitrogen and oxygen atoms in total. The van der Waals surface area contributed by atoms with Crippen LogP contribution in [-0.4, -0.2) is 64.8 Å². The summed E-state index contributed by atoms with van der Waals surface area (Å²) in [6.07, 6.45) is -4.57. The second-order valence-electron chi connectivity index (χ2n) is 6.32. The van der Waals surface area contributed by atoms with E-state index in [0.717, 1.165) is 17.0 Å². The molecule has 1 aliphatic heterocycles. The summed E-state index contributed by atoms with van der Waals surface area (Å²) < 4.78 is 38.9. The van der Waals surface area contributed by atoms with Gasteiger partial charge < -0.3 is 31.5 Å². The highest BCUT2D eigenvalue weighted by molar-refractivity contribution is 5.84. The van der Waals surface area contributed by atoms with Gasteiger partial charge in [0.05, 0.1) is 11.6 Å². The first-order chi connectivity index (χ1) is 12.9. The smallest absolute Gasteiger partial charge is 0.416 e. The minimum atomic E-state index is -4.57. The van der Waals surface area contributed by atoms with Gasteiger partial charge in [-0.25, -0.2) is 4.79 Å². The molecule has 2 unspecified atom stereocenters. The van der Waals surface area contributed by atoms with Crippen molar-refractivity contribution >= 4 is 23.7 Å². The van der Waals surface area contributed by atoms with E-state index >= 15 is 0 Å². The Kier molecular flexibility index (Phi) is 6.02. The minimum absolute atomic E-state index is 0.0788. The molecule has 1 aromatic carbocycles. The van der Waals surface area contributed by atoms with E-state index in [0.29, 0.717) is 0 Å². The van der Waals surface area contributed by atoms with E-state index in [1.807, 2.05) is 0 Å². The van der Waals surface area contributed by atoms with Gasteiger partial charge in [0.25, 0.3) is 0 Å². The molecule has 1 aromatic rings. The molecule has 2 rings (SSSR count). The number of amides is 2. The lowest BCUT2D eigenvalue weighted by Gasteiger charge is -2.44. The van der Waals surface area contributed by atoms with Crippen LogP contribution >= 0.6 is 0 Å². The number of anilines is 1. The highest BCUT2D eigenvalue weighted by Crippen LogP contribution is 2.32. The Morgan fingerprint density at radius 2 is 1.79 bits per heavy atom. The van der Waals surface area contributed by atoms with Gasteiger partial charge in [-0.05, 0) is 18.2 Å². The quantitative estimate of drug-likeness (QED) is 0.554. The third kappa shape index (κ3) is 4.44. The van der Waals surface area contributed by atoms with Gasteiger partial charge in [-0.15, -0.1) is 0 Å². The lowest BCUT2D eigenvalue weighted by Crippen LogP contribution is -2.64. The highest BCUT2D eigenvalue weighted by atomic mass is 19.4. The number of rotatable bonds is 5. The van der Waals surface area contributed by atoms with Crippen molar-refractivity contribution in [3.05, 3.63) is 29.8 Å². The van der Waals surface area contributed by atoms with Crippen molar-refractivity contribution in [3.63, 3.8) is 0 Å².